The third kappa shape index (κ3) is 6.45. The van der Waals surface area contributed by atoms with Gasteiger partial charge in [-0.15, -0.1) is 0 Å². The van der Waals surface area contributed by atoms with E-state index in [1.54, 1.807) is 11.9 Å². The molecule has 7 heteroatoms. The van der Waals surface area contributed by atoms with Crippen molar-refractivity contribution < 1.29 is 14.3 Å². The number of likely N-dealkylation sites (N-methyl/N-ethyl adjacent to an activating group) is 2. The van der Waals surface area contributed by atoms with Crippen LogP contribution in [0.3, 0.4) is 0 Å². The van der Waals surface area contributed by atoms with E-state index in [0.29, 0.717) is 18.0 Å². The zero-order valence-electron chi connectivity index (χ0n) is 20.6. The van der Waals surface area contributed by atoms with Crippen molar-refractivity contribution >= 4 is 6.09 Å². The monoisotopic (exact) mass is 434 g/mol. The number of hydrogen-bond acceptors (Lipinski definition) is 5. The van der Waals surface area contributed by atoms with Gasteiger partial charge in [0.05, 0.1) is 23.9 Å². The molecule has 2 fully saturated rings. The van der Waals surface area contributed by atoms with Gasteiger partial charge in [0.1, 0.15) is 5.60 Å². The molecule has 1 amide bonds. The second kappa shape index (κ2) is 9.10. The predicted octanol–water partition coefficient (Wildman–Crippen LogP) is 4.48. The third-order valence-corrected chi connectivity index (χ3v) is 6.49. The van der Waals surface area contributed by atoms with Crippen LogP contribution in [-0.2, 0) is 16.0 Å². The van der Waals surface area contributed by atoms with Gasteiger partial charge >= 0.3 is 6.09 Å². The maximum atomic E-state index is 12.2. The molecule has 1 spiro atoms. The molecule has 1 saturated heterocycles. The molecule has 0 bridgehead atoms. The molecule has 31 heavy (non-hydrogen) atoms. The van der Waals surface area contributed by atoms with Gasteiger partial charge in [0.15, 0.2) is 0 Å². The highest BCUT2D eigenvalue weighted by atomic mass is 16.6. The van der Waals surface area contributed by atoms with Gasteiger partial charge in [0.2, 0.25) is 0 Å². The van der Waals surface area contributed by atoms with E-state index in [1.165, 1.54) is 12.1 Å². The molecule has 0 radical (unpaired) electrons. The van der Waals surface area contributed by atoms with Gasteiger partial charge in [-0.2, -0.15) is 5.10 Å². The van der Waals surface area contributed by atoms with Gasteiger partial charge < -0.3 is 14.4 Å². The van der Waals surface area contributed by atoms with Crippen LogP contribution in [0.25, 0.3) is 0 Å². The van der Waals surface area contributed by atoms with Gasteiger partial charge in [0, 0.05) is 32.9 Å². The maximum Gasteiger partial charge on any atom is 0.410 e. The van der Waals surface area contributed by atoms with E-state index in [2.05, 4.69) is 41.6 Å². The Kier molecular flexibility index (Phi) is 7.06. The van der Waals surface area contributed by atoms with Crippen LogP contribution >= 0.6 is 0 Å². The Morgan fingerprint density at radius 1 is 1.26 bits per heavy atom. The van der Waals surface area contributed by atoms with Crippen molar-refractivity contribution in [2.45, 2.75) is 90.5 Å². The van der Waals surface area contributed by atoms with Crippen LogP contribution in [0.4, 0.5) is 4.79 Å². The molecule has 0 N–H and O–H groups in total. The fraction of sp³-hybridized carbons (Fsp3) is 0.833. The molecule has 2 heterocycles. The molecule has 0 aromatic carbocycles. The Bertz CT molecular complexity index is 744. The summed E-state index contributed by atoms with van der Waals surface area (Å²) in [7, 11) is 3.88. The number of hydrogen-bond donors (Lipinski definition) is 0. The van der Waals surface area contributed by atoms with Crippen LogP contribution in [0.5, 0.6) is 0 Å². The lowest BCUT2D eigenvalue weighted by Crippen LogP contribution is -2.38. The van der Waals surface area contributed by atoms with Crippen molar-refractivity contribution in [2.24, 2.45) is 5.41 Å². The van der Waals surface area contributed by atoms with E-state index in [1.807, 2.05) is 27.0 Å². The summed E-state index contributed by atoms with van der Waals surface area (Å²) in [5.74, 6) is 0. The molecule has 1 aromatic heterocycles. The Hall–Kier alpha value is -1.60. The topological polar surface area (TPSA) is 59.8 Å². The normalized spacial score (nSPS) is 25.9. The highest BCUT2D eigenvalue weighted by Gasteiger charge is 2.46. The lowest BCUT2D eigenvalue weighted by Gasteiger charge is -2.37. The lowest BCUT2D eigenvalue weighted by atomic mass is 9.75. The summed E-state index contributed by atoms with van der Waals surface area (Å²) in [6.45, 7) is 13.4. The van der Waals surface area contributed by atoms with Crippen molar-refractivity contribution in [3.05, 3.63) is 18.0 Å². The van der Waals surface area contributed by atoms with Crippen LogP contribution in [0.15, 0.2) is 12.3 Å². The van der Waals surface area contributed by atoms with Crippen LogP contribution in [-0.4, -0.2) is 70.7 Å². The summed E-state index contributed by atoms with van der Waals surface area (Å²) >= 11 is 0. The number of nitrogens with zero attached hydrogens (tertiary/aromatic N) is 4. The van der Waals surface area contributed by atoms with Gasteiger partial charge in [-0.05, 0) is 71.4 Å². The Balaban J connectivity index is 1.49. The quantitative estimate of drug-likeness (QED) is 0.661. The van der Waals surface area contributed by atoms with Crippen LogP contribution in [0.1, 0.15) is 78.5 Å². The first-order chi connectivity index (χ1) is 14.4. The molecule has 1 saturated carbocycles. The Labute approximate surface area is 188 Å². The SMILES string of the molecule is CN(CCN(C)C(=O)OC(C)(C)C)Cc1ccnn1[C@H]1CC[C@@]2(CC1)CC(C)(C)CO2. The van der Waals surface area contributed by atoms with E-state index in [-0.39, 0.29) is 11.7 Å². The van der Waals surface area contributed by atoms with Crippen molar-refractivity contribution in [3.63, 3.8) is 0 Å². The molecular weight excluding hydrogens is 392 g/mol. The fourth-order valence-corrected chi connectivity index (χ4v) is 4.92. The number of amides is 1. The maximum absolute atomic E-state index is 12.2. The summed E-state index contributed by atoms with van der Waals surface area (Å²) in [6, 6.07) is 2.56. The first-order valence-corrected chi connectivity index (χ1v) is 11.7. The number of ether oxygens (including phenoxy) is 2. The number of aromatic nitrogens is 2. The predicted molar refractivity (Wildman–Crippen MR) is 122 cm³/mol. The molecule has 3 rings (SSSR count). The standard InChI is InChI=1S/C24H42N4O3/c1-22(2,3)31-21(29)27(7)15-14-26(6)16-20-10-13-25-28(20)19-8-11-24(12-9-19)17-23(4,5)18-30-24/h10,13,19H,8-9,11-12,14-18H2,1-7H3/t19-,24+. The zero-order valence-corrected chi connectivity index (χ0v) is 20.6. The highest BCUT2D eigenvalue weighted by molar-refractivity contribution is 5.67. The minimum atomic E-state index is -0.471. The lowest BCUT2D eigenvalue weighted by molar-refractivity contribution is -0.0354. The number of carbonyl (C=O) groups excluding carboxylic acids is 1. The van der Waals surface area contributed by atoms with Crippen molar-refractivity contribution in [3.8, 4) is 0 Å². The number of carbonyl (C=O) groups is 1. The molecule has 1 aromatic rings. The van der Waals surface area contributed by atoms with E-state index in [4.69, 9.17) is 9.47 Å². The largest absolute Gasteiger partial charge is 0.444 e. The van der Waals surface area contributed by atoms with E-state index < -0.39 is 5.60 Å². The zero-order chi connectivity index (χ0) is 22.9. The summed E-state index contributed by atoms with van der Waals surface area (Å²) in [4.78, 5) is 16.0. The fourth-order valence-electron chi connectivity index (χ4n) is 4.92. The molecule has 2 aliphatic rings. The summed E-state index contributed by atoms with van der Waals surface area (Å²) in [6.07, 6.45) is 7.29. The van der Waals surface area contributed by atoms with Gasteiger partial charge in [0.25, 0.3) is 0 Å². The van der Waals surface area contributed by atoms with Gasteiger partial charge in [-0.25, -0.2) is 4.79 Å². The third-order valence-electron chi connectivity index (χ3n) is 6.49. The first-order valence-electron chi connectivity index (χ1n) is 11.7. The smallest absolute Gasteiger partial charge is 0.410 e. The Morgan fingerprint density at radius 2 is 1.94 bits per heavy atom. The average molecular weight is 435 g/mol. The molecule has 1 aliphatic carbocycles. The molecular formula is C24H42N4O3. The minimum Gasteiger partial charge on any atom is -0.444 e. The van der Waals surface area contributed by atoms with Crippen LogP contribution in [0, 0.1) is 5.41 Å². The highest BCUT2D eigenvalue weighted by Crippen LogP contribution is 2.48. The van der Waals surface area contributed by atoms with Gasteiger partial charge in [-0.1, -0.05) is 13.8 Å². The molecule has 7 nitrogen and oxygen atoms in total. The van der Waals surface area contributed by atoms with Crippen LogP contribution in [0.2, 0.25) is 0 Å². The molecule has 1 aliphatic heterocycles. The molecule has 0 unspecified atom stereocenters. The first kappa shape index (κ1) is 24.1. The van der Waals surface area contributed by atoms with Crippen molar-refractivity contribution in [1.82, 2.24) is 19.6 Å². The summed E-state index contributed by atoms with van der Waals surface area (Å²) in [5.41, 5.74) is 1.16. The average Bonchev–Trinajstić information content (AvgIpc) is 3.23. The number of rotatable bonds is 6. The molecule has 176 valence electrons. The van der Waals surface area contributed by atoms with Crippen LogP contribution < -0.4 is 0 Å². The minimum absolute atomic E-state index is 0.0936. The van der Waals surface area contributed by atoms with E-state index >= 15 is 0 Å². The van der Waals surface area contributed by atoms with E-state index in [0.717, 1.165) is 45.4 Å². The second-order valence-corrected chi connectivity index (χ2v) is 11.5. The van der Waals surface area contributed by atoms with Gasteiger partial charge in [-0.3, -0.25) is 9.58 Å². The van der Waals surface area contributed by atoms with E-state index in [9.17, 15) is 4.79 Å². The second-order valence-electron chi connectivity index (χ2n) is 11.5. The van der Waals surface area contributed by atoms with Crippen molar-refractivity contribution in [1.29, 1.82) is 0 Å². The molecule has 0 atom stereocenters. The van der Waals surface area contributed by atoms with Crippen molar-refractivity contribution in [2.75, 3.05) is 33.8 Å². The Morgan fingerprint density at radius 3 is 2.52 bits per heavy atom. The summed E-state index contributed by atoms with van der Waals surface area (Å²) in [5, 5.41) is 4.66. The summed E-state index contributed by atoms with van der Waals surface area (Å²) < 4.78 is 13.9.